The normalized spacial score (nSPS) is 21.2. The fraction of sp³-hybridized carbons (Fsp3) is 0.625. The average molecular weight is 245 g/mol. The summed E-state index contributed by atoms with van der Waals surface area (Å²) in [5, 5.41) is 3.67. The van der Waals surface area contributed by atoms with Gasteiger partial charge < -0.3 is 10.1 Å². The van der Waals surface area contributed by atoms with Gasteiger partial charge in [0.05, 0.1) is 6.61 Å². The van der Waals surface area contributed by atoms with Crippen LogP contribution in [0, 0.1) is 11.8 Å². The molecule has 1 saturated carbocycles. The van der Waals surface area contributed by atoms with Gasteiger partial charge in [0.25, 0.3) is 0 Å². The maximum absolute atomic E-state index is 5.87. The van der Waals surface area contributed by atoms with Crippen molar-refractivity contribution >= 4 is 0 Å². The molecule has 1 aromatic carbocycles. The molecule has 98 valence electrons. The largest absolute Gasteiger partial charge is 0.493 e. The number of hydrogen-bond acceptors (Lipinski definition) is 2. The first kappa shape index (κ1) is 12.0. The van der Waals surface area contributed by atoms with E-state index in [0.717, 1.165) is 31.2 Å². The summed E-state index contributed by atoms with van der Waals surface area (Å²) in [6.07, 6.45) is 3.87. The second-order valence-corrected chi connectivity index (χ2v) is 5.67. The highest BCUT2D eigenvalue weighted by Crippen LogP contribution is 2.45. The minimum atomic E-state index is 0.454. The first-order valence-electron chi connectivity index (χ1n) is 7.29. The van der Waals surface area contributed by atoms with E-state index >= 15 is 0 Å². The Morgan fingerprint density at radius 1 is 1.39 bits per heavy atom. The second-order valence-electron chi connectivity index (χ2n) is 5.67. The predicted octanol–water partition coefficient (Wildman–Crippen LogP) is 3.32. The number of hydrogen-bond donors (Lipinski definition) is 1. The van der Waals surface area contributed by atoms with Crippen LogP contribution in [0.1, 0.15) is 43.9 Å². The van der Waals surface area contributed by atoms with E-state index in [4.69, 9.17) is 4.74 Å². The standard InChI is InChI=1S/C16H23NO/c1-3-17-15(11(2)12-7-8-12)14-6-4-5-13-9-10-18-16(13)14/h4-6,11-12,15,17H,3,7-10H2,1-2H3. The van der Waals surface area contributed by atoms with Gasteiger partial charge in [-0.2, -0.15) is 0 Å². The van der Waals surface area contributed by atoms with Crippen LogP contribution in [0.5, 0.6) is 5.75 Å². The predicted molar refractivity (Wildman–Crippen MR) is 73.9 cm³/mol. The van der Waals surface area contributed by atoms with Crippen LogP contribution >= 0.6 is 0 Å². The Balaban J connectivity index is 1.91. The Hall–Kier alpha value is -1.02. The van der Waals surface area contributed by atoms with Crippen molar-refractivity contribution in [3.8, 4) is 5.75 Å². The SMILES string of the molecule is CCNC(c1cccc2c1OCC2)C(C)C1CC1. The molecule has 1 aromatic rings. The molecule has 2 nitrogen and oxygen atoms in total. The molecule has 1 aliphatic carbocycles. The van der Waals surface area contributed by atoms with Gasteiger partial charge in [0.2, 0.25) is 0 Å². The van der Waals surface area contributed by atoms with Crippen LogP contribution in [0.4, 0.5) is 0 Å². The van der Waals surface area contributed by atoms with Crippen LogP contribution in [-0.4, -0.2) is 13.2 Å². The summed E-state index contributed by atoms with van der Waals surface area (Å²) in [5.74, 6) is 2.78. The van der Waals surface area contributed by atoms with Crippen molar-refractivity contribution in [1.29, 1.82) is 0 Å². The van der Waals surface area contributed by atoms with Crippen molar-refractivity contribution in [2.75, 3.05) is 13.2 Å². The van der Waals surface area contributed by atoms with E-state index in [2.05, 4.69) is 37.4 Å². The zero-order valence-corrected chi connectivity index (χ0v) is 11.4. The lowest BCUT2D eigenvalue weighted by atomic mass is 9.89. The maximum Gasteiger partial charge on any atom is 0.127 e. The highest BCUT2D eigenvalue weighted by atomic mass is 16.5. The van der Waals surface area contributed by atoms with E-state index in [1.54, 1.807) is 0 Å². The molecule has 18 heavy (non-hydrogen) atoms. The zero-order chi connectivity index (χ0) is 12.5. The van der Waals surface area contributed by atoms with Gasteiger partial charge in [0, 0.05) is 18.0 Å². The number of ether oxygens (including phenoxy) is 1. The minimum absolute atomic E-state index is 0.454. The summed E-state index contributed by atoms with van der Waals surface area (Å²) in [7, 11) is 0. The summed E-state index contributed by atoms with van der Waals surface area (Å²) in [4.78, 5) is 0. The molecule has 3 rings (SSSR count). The van der Waals surface area contributed by atoms with Gasteiger partial charge in [-0.3, -0.25) is 0 Å². The first-order chi connectivity index (χ1) is 8.81. The van der Waals surface area contributed by atoms with E-state index in [-0.39, 0.29) is 0 Å². The van der Waals surface area contributed by atoms with Crippen LogP contribution in [0.3, 0.4) is 0 Å². The third-order valence-corrected chi connectivity index (χ3v) is 4.40. The Morgan fingerprint density at radius 3 is 2.94 bits per heavy atom. The van der Waals surface area contributed by atoms with Gasteiger partial charge in [-0.25, -0.2) is 0 Å². The van der Waals surface area contributed by atoms with E-state index < -0.39 is 0 Å². The molecule has 2 unspecified atom stereocenters. The molecule has 0 amide bonds. The van der Waals surface area contributed by atoms with Gasteiger partial charge in [-0.15, -0.1) is 0 Å². The highest BCUT2D eigenvalue weighted by Gasteiger charge is 2.35. The van der Waals surface area contributed by atoms with E-state index in [1.807, 2.05) is 0 Å². The molecule has 2 heteroatoms. The Kier molecular flexibility index (Phi) is 3.29. The molecular formula is C16H23NO. The summed E-state index contributed by atoms with van der Waals surface area (Å²) < 4.78 is 5.87. The number of benzene rings is 1. The van der Waals surface area contributed by atoms with Gasteiger partial charge in [-0.05, 0) is 36.8 Å². The zero-order valence-electron chi connectivity index (χ0n) is 11.4. The number of fused-ring (bicyclic) bond motifs is 1. The summed E-state index contributed by atoms with van der Waals surface area (Å²) in [6.45, 7) is 6.45. The molecule has 0 aromatic heterocycles. The van der Waals surface area contributed by atoms with Crippen LogP contribution in [0.2, 0.25) is 0 Å². The van der Waals surface area contributed by atoms with Crippen LogP contribution in [0.15, 0.2) is 18.2 Å². The number of para-hydroxylation sites is 1. The average Bonchev–Trinajstić information content (AvgIpc) is 3.12. The maximum atomic E-state index is 5.87. The summed E-state index contributed by atoms with van der Waals surface area (Å²) in [5.41, 5.74) is 2.77. The topological polar surface area (TPSA) is 21.3 Å². The smallest absolute Gasteiger partial charge is 0.127 e. The Morgan fingerprint density at radius 2 is 2.22 bits per heavy atom. The van der Waals surface area contributed by atoms with Crippen molar-refractivity contribution in [3.05, 3.63) is 29.3 Å². The fourth-order valence-corrected chi connectivity index (χ4v) is 3.18. The monoisotopic (exact) mass is 245 g/mol. The molecule has 0 radical (unpaired) electrons. The van der Waals surface area contributed by atoms with Crippen LogP contribution in [-0.2, 0) is 6.42 Å². The molecular weight excluding hydrogens is 222 g/mol. The molecule has 1 aliphatic heterocycles. The van der Waals surface area contributed by atoms with E-state index in [1.165, 1.54) is 24.0 Å². The molecule has 1 N–H and O–H groups in total. The molecule has 0 bridgehead atoms. The quantitative estimate of drug-likeness (QED) is 0.859. The highest BCUT2D eigenvalue weighted by molar-refractivity contribution is 5.46. The Labute approximate surface area is 110 Å². The van der Waals surface area contributed by atoms with Gasteiger partial charge in [0.1, 0.15) is 5.75 Å². The lowest BCUT2D eigenvalue weighted by Gasteiger charge is -2.26. The number of nitrogens with one attached hydrogen (secondary N) is 1. The molecule has 0 saturated heterocycles. The fourth-order valence-electron chi connectivity index (χ4n) is 3.18. The van der Waals surface area contributed by atoms with Crippen molar-refractivity contribution in [3.63, 3.8) is 0 Å². The lowest BCUT2D eigenvalue weighted by Crippen LogP contribution is -2.28. The van der Waals surface area contributed by atoms with Crippen molar-refractivity contribution in [2.45, 2.75) is 39.2 Å². The van der Waals surface area contributed by atoms with Crippen LogP contribution < -0.4 is 10.1 Å². The van der Waals surface area contributed by atoms with Crippen molar-refractivity contribution in [1.82, 2.24) is 5.32 Å². The van der Waals surface area contributed by atoms with Gasteiger partial charge in [0.15, 0.2) is 0 Å². The van der Waals surface area contributed by atoms with Crippen molar-refractivity contribution in [2.24, 2.45) is 11.8 Å². The van der Waals surface area contributed by atoms with Crippen molar-refractivity contribution < 1.29 is 4.74 Å². The summed E-state index contributed by atoms with van der Waals surface area (Å²) >= 11 is 0. The lowest BCUT2D eigenvalue weighted by molar-refractivity contribution is 0.321. The second kappa shape index (κ2) is 4.93. The Bertz CT molecular complexity index is 425. The van der Waals surface area contributed by atoms with E-state index in [9.17, 15) is 0 Å². The molecule has 1 heterocycles. The van der Waals surface area contributed by atoms with Gasteiger partial charge >= 0.3 is 0 Å². The first-order valence-corrected chi connectivity index (χ1v) is 7.29. The third kappa shape index (κ3) is 2.14. The molecule has 0 spiro atoms. The van der Waals surface area contributed by atoms with E-state index in [0.29, 0.717) is 12.0 Å². The molecule has 2 atom stereocenters. The molecule has 1 fully saturated rings. The third-order valence-electron chi connectivity index (χ3n) is 4.40. The minimum Gasteiger partial charge on any atom is -0.493 e. The summed E-state index contributed by atoms with van der Waals surface area (Å²) in [6, 6.07) is 7.09. The number of rotatable bonds is 5. The molecule has 2 aliphatic rings. The van der Waals surface area contributed by atoms with Gasteiger partial charge in [-0.1, -0.05) is 32.0 Å². The van der Waals surface area contributed by atoms with Crippen LogP contribution in [0.25, 0.3) is 0 Å².